The molecule has 2 heterocycles. The van der Waals surface area contributed by atoms with Crippen molar-refractivity contribution in [2.24, 2.45) is 0 Å². The fourth-order valence-corrected chi connectivity index (χ4v) is 3.22. The number of carbonyl (C=O) groups excluding carboxylic acids is 1. The van der Waals surface area contributed by atoms with Gasteiger partial charge < -0.3 is 0 Å². The number of benzene rings is 1. The molecule has 1 aromatic carbocycles. The zero-order chi connectivity index (χ0) is 18.7. The summed E-state index contributed by atoms with van der Waals surface area (Å²) in [6.45, 7) is 6.78. The molecule has 6 nitrogen and oxygen atoms in total. The Morgan fingerprint density at radius 2 is 2.15 bits per heavy atom. The molecule has 0 aliphatic carbocycles. The van der Waals surface area contributed by atoms with Crippen LogP contribution in [0.5, 0.6) is 0 Å². The Labute approximate surface area is 174 Å². The van der Waals surface area contributed by atoms with Gasteiger partial charge in [0.15, 0.2) is 0 Å². The quantitative estimate of drug-likeness (QED) is 0.457. The van der Waals surface area contributed by atoms with Crippen molar-refractivity contribution in [3.8, 4) is 11.8 Å². The molecule has 0 unspecified atom stereocenters. The van der Waals surface area contributed by atoms with E-state index in [2.05, 4.69) is 41.2 Å². The van der Waals surface area contributed by atoms with Gasteiger partial charge in [0.1, 0.15) is 0 Å². The summed E-state index contributed by atoms with van der Waals surface area (Å²) < 4.78 is 2.22. The minimum absolute atomic E-state index is 0.0377. The van der Waals surface area contributed by atoms with Crippen molar-refractivity contribution in [1.29, 1.82) is 0 Å². The van der Waals surface area contributed by atoms with E-state index in [9.17, 15) is 4.79 Å². The summed E-state index contributed by atoms with van der Waals surface area (Å²) in [6.07, 6.45) is 0. The van der Waals surface area contributed by atoms with Gasteiger partial charge in [0.25, 0.3) is 0 Å². The molecular formula is C18H19ClHgN5O. The molecule has 1 N–H and O–H groups in total. The third-order valence-corrected chi connectivity index (χ3v) is 5.11. The van der Waals surface area contributed by atoms with Gasteiger partial charge in [-0.3, -0.25) is 0 Å². The summed E-state index contributed by atoms with van der Waals surface area (Å²) in [5.41, 5.74) is 0.832. The number of hydrogen-bond acceptors (Lipinski definition) is 3. The molecule has 26 heavy (non-hydrogen) atoms. The first-order chi connectivity index (χ1) is 12.3. The molecule has 0 radical (unpaired) electrons. The van der Waals surface area contributed by atoms with Crippen LogP contribution in [0.4, 0.5) is 4.79 Å². The standard InChI is InChI=1S/C18H19ClN5O.Hg/c1-13(2)11-20-18(25)23-8-9-24-16(21-22-17(24)12-23)7-6-14-4-3-5-15(19)10-14;/h3-5,10H,8-9,11-12H2,1-2H3,(H,20,25);. The summed E-state index contributed by atoms with van der Waals surface area (Å²) in [6, 6.07) is 7.35. The average molecular weight is 557 g/mol. The van der Waals surface area contributed by atoms with E-state index in [1.54, 1.807) is 4.90 Å². The SMILES string of the molecule is C[C](C)([Hg])CNC(=O)N1CCn2c(C#Cc3cccc(Cl)c3)nnc2C1. The van der Waals surface area contributed by atoms with Crippen LogP contribution in [0, 0.1) is 11.8 Å². The van der Waals surface area contributed by atoms with E-state index < -0.39 is 0 Å². The molecule has 1 aliphatic heterocycles. The summed E-state index contributed by atoms with van der Waals surface area (Å²) in [5.74, 6) is 7.49. The zero-order valence-corrected chi connectivity index (χ0v) is 21.2. The third kappa shape index (κ3) is 4.98. The fraction of sp³-hybridized carbons (Fsp3) is 0.389. The molecule has 0 bridgehead atoms. The predicted molar refractivity (Wildman–Crippen MR) is 95.3 cm³/mol. The van der Waals surface area contributed by atoms with Gasteiger partial charge in [-0.25, -0.2) is 0 Å². The number of amides is 2. The third-order valence-electron chi connectivity index (χ3n) is 3.90. The Bertz CT molecular complexity index is 878. The van der Waals surface area contributed by atoms with Gasteiger partial charge in [-0.1, -0.05) is 17.7 Å². The molecule has 0 atom stereocenters. The molecule has 0 saturated carbocycles. The Morgan fingerprint density at radius 3 is 2.88 bits per heavy atom. The summed E-state index contributed by atoms with van der Waals surface area (Å²) >= 11 is 6.58. The van der Waals surface area contributed by atoms with E-state index >= 15 is 0 Å². The summed E-state index contributed by atoms with van der Waals surface area (Å²) in [5, 5.41) is 12.0. The van der Waals surface area contributed by atoms with E-state index in [0.717, 1.165) is 11.4 Å². The van der Waals surface area contributed by atoms with Crippen molar-refractivity contribution in [2.45, 2.75) is 29.9 Å². The average Bonchev–Trinajstić information content (AvgIpc) is 2.99. The van der Waals surface area contributed by atoms with Crippen molar-refractivity contribution in [3.63, 3.8) is 0 Å². The molecular weight excluding hydrogens is 538 g/mol. The van der Waals surface area contributed by atoms with E-state index in [1.807, 2.05) is 28.8 Å². The van der Waals surface area contributed by atoms with Crippen LogP contribution in [0.2, 0.25) is 7.95 Å². The zero-order valence-electron chi connectivity index (χ0n) is 14.9. The van der Waals surface area contributed by atoms with E-state index in [0.29, 0.717) is 63.1 Å². The van der Waals surface area contributed by atoms with Gasteiger partial charge in [-0.15, -0.1) is 0 Å². The molecule has 131 valence electrons. The Hall–Kier alpha value is -1.58. The Morgan fingerprint density at radius 1 is 1.35 bits per heavy atom. The Balaban J connectivity index is 1.68. The molecule has 0 spiro atoms. The number of nitrogens with one attached hydrogen (secondary N) is 1. The van der Waals surface area contributed by atoms with Crippen LogP contribution in [0.3, 0.4) is 0 Å². The molecule has 2 aromatic rings. The number of rotatable bonds is 2. The van der Waals surface area contributed by atoms with Gasteiger partial charge in [0.2, 0.25) is 0 Å². The van der Waals surface area contributed by atoms with E-state index in [-0.39, 0.29) is 8.95 Å². The van der Waals surface area contributed by atoms with Crippen LogP contribution in [0.1, 0.15) is 31.1 Å². The topological polar surface area (TPSA) is 63.1 Å². The second-order valence-corrected chi connectivity index (χ2v) is 15.0. The van der Waals surface area contributed by atoms with E-state index in [4.69, 9.17) is 11.6 Å². The van der Waals surface area contributed by atoms with Crippen LogP contribution >= 0.6 is 11.6 Å². The number of fused-ring (bicyclic) bond motifs is 1. The number of aromatic nitrogens is 3. The van der Waals surface area contributed by atoms with Crippen LogP contribution < -0.4 is 5.32 Å². The number of carbonyl (C=O) groups is 1. The van der Waals surface area contributed by atoms with Crippen molar-refractivity contribution < 1.29 is 30.9 Å². The van der Waals surface area contributed by atoms with Crippen LogP contribution in [-0.2, 0) is 39.2 Å². The number of halogens is 1. The first kappa shape index (κ1) is 19.2. The molecule has 0 fully saturated rings. The van der Waals surface area contributed by atoms with Gasteiger partial charge in [-0.05, 0) is 18.2 Å². The van der Waals surface area contributed by atoms with Crippen LogP contribution in [0.15, 0.2) is 24.3 Å². The van der Waals surface area contributed by atoms with Crippen LogP contribution in [-0.4, -0.2) is 38.8 Å². The first-order valence-electron chi connectivity index (χ1n) is 8.40. The minimum atomic E-state index is -0.0377. The number of urea groups is 1. The normalized spacial score (nSPS) is 13.7. The molecule has 3 rings (SSSR count). The molecule has 1 aromatic heterocycles. The summed E-state index contributed by atoms with van der Waals surface area (Å²) in [7, 11) is 0. The van der Waals surface area contributed by atoms with Gasteiger partial charge in [-0.2, -0.15) is 0 Å². The van der Waals surface area contributed by atoms with Gasteiger partial charge >= 0.3 is 134 Å². The molecule has 0 saturated heterocycles. The predicted octanol–water partition coefficient (Wildman–Crippen LogP) is 2.60. The number of hydrogen-bond donors (Lipinski definition) is 1. The fourth-order valence-electron chi connectivity index (χ4n) is 2.54. The van der Waals surface area contributed by atoms with Gasteiger partial charge in [0.05, 0.1) is 0 Å². The molecule has 8 heteroatoms. The number of nitrogens with zero attached hydrogens (tertiary/aromatic N) is 4. The maximum absolute atomic E-state index is 12.3. The molecule has 1 aliphatic rings. The molecule has 2 amide bonds. The Kier molecular flexibility index (Phi) is 5.88. The first-order valence-corrected chi connectivity index (χ1v) is 11.5. The van der Waals surface area contributed by atoms with Gasteiger partial charge in [0, 0.05) is 5.02 Å². The van der Waals surface area contributed by atoms with Crippen molar-refractivity contribution in [3.05, 3.63) is 46.5 Å². The van der Waals surface area contributed by atoms with Crippen molar-refractivity contribution in [2.75, 3.05) is 13.1 Å². The van der Waals surface area contributed by atoms with Crippen LogP contribution in [0.25, 0.3) is 0 Å². The second-order valence-electron chi connectivity index (χ2n) is 7.10. The van der Waals surface area contributed by atoms with Crippen molar-refractivity contribution >= 4 is 17.6 Å². The second kappa shape index (κ2) is 7.97. The monoisotopic (exact) mass is 558 g/mol. The van der Waals surface area contributed by atoms with Crippen molar-refractivity contribution in [1.82, 2.24) is 25.0 Å². The van der Waals surface area contributed by atoms with E-state index in [1.165, 1.54) is 0 Å². The maximum atomic E-state index is 12.3. The summed E-state index contributed by atoms with van der Waals surface area (Å²) in [4.78, 5) is 14.1.